The summed E-state index contributed by atoms with van der Waals surface area (Å²) in [5.41, 5.74) is 10.2. The van der Waals surface area contributed by atoms with Gasteiger partial charge in [-0.1, -0.05) is 125 Å². The number of likely N-dealkylation sites (N-methyl/N-ethyl adjacent to an activating group) is 1. The van der Waals surface area contributed by atoms with Gasteiger partial charge in [0.25, 0.3) is 0 Å². The average molecular weight is 960 g/mol. The number of aryl methyl sites for hydroxylation is 1. The van der Waals surface area contributed by atoms with Gasteiger partial charge in [0, 0.05) is 32.6 Å². The van der Waals surface area contributed by atoms with Crippen molar-refractivity contribution in [2.24, 2.45) is 5.41 Å². The number of hydrogen-bond donors (Lipinski definition) is 3. The van der Waals surface area contributed by atoms with Crippen molar-refractivity contribution >= 4 is 40.2 Å². The third-order valence-electron chi connectivity index (χ3n) is 12.0. The minimum absolute atomic E-state index is 0.00707. The van der Waals surface area contributed by atoms with Crippen LogP contribution in [0, 0.1) is 12.3 Å². The van der Waals surface area contributed by atoms with Crippen molar-refractivity contribution in [3.63, 3.8) is 0 Å². The van der Waals surface area contributed by atoms with Crippen molar-refractivity contribution < 1.29 is 38.4 Å². The van der Waals surface area contributed by atoms with Crippen LogP contribution in [0.25, 0.3) is 21.6 Å². The van der Waals surface area contributed by atoms with E-state index >= 15 is 0 Å². The molecule has 1 aliphatic rings. The van der Waals surface area contributed by atoms with Crippen LogP contribution in [0.4, 0.5) is 0 Å². The Labute approximate surface area is 411 Å². The van der Waals surface area contributed by atoms with Crippen LogP contribution in [0.1, 0.15) is 68.5 Å². The summed E-state index contributed by atoms with van der Waals surface area (Å²) >= 11 is 1.58. The average Bonchev–Trinajstić information content (AvgIpc) is 3.97. The molecule has 1 aromatic heterocycles. The largest absolute Gasteiger partial charge is 0.492 e. The smallest absolute Gasteiger partial charge is 0.246 e. The maximum atomic E-state index is 14.0. The molecule has 5 aromatic rings. The Hall–Kier alpha value is -5.74. The molecule has 0 aliphatic carbocycles. The van der Waals surface area contributed by atoms with Crippen molar-refractivity contribution in [1.29, 1.82) is 0 Å². The van der Waals surface area contributed by atoms with E-state index in [1.54, 1.807) is 11.3 Å². The molecule has 3 N–H and O–H groups in total. The first-order valence-corrected chi connectivity index (χ1v) is 24.7. The number of allylic oxidation sites excluding steroid dienone is 1. The normalized spacial score (nSPS) is 15.7. The summed E-state index contributed by atoms with van der Waals surface area (Å²) in [4.78, 5) is 49.3. The van der Waals surface area contributed by atoms with E-state index in [0.717, 1.165) is 52.5 Å². The molecule has 2 heterocycles. The van der Waals surface area contributed by atoms with E-state index in [2.05, 4.69) is 88.1 Å². The second-order valence-electron chi connectivity index (χ2n) is 18.3. The van der Waals surface area contributed by atoms with Crippen molar-refractivity contribution in [2.45, 2.75) is 72.2 Å². The van der Waals surface area contributed by atoms with Crippen LogP contribution >= 0.6 is 11.3 Å². The third kappa shape index (κ3) is 15.6. The molecule has 3 amide bonds. The number of likely N-dealkylation sites (tertiary alicyclic amines) is 1. The number of aliphatic hydroxyl groups is 1. The topological polar surface area (TPSA) is 152 Å². The van der Waals surface area contributed by atoms with Gasteiger partial charge < -0.3 is 44.5 Å². The summed E-state index contributed by atoms with van der Waals surface area (Å²) in [6.45, 7) is 13.5. The number of carbonyl (C=O) groups is 3. The van der Waals surface area contributed by atoms with Gasteiger partial charge in [-0.15, -0.1) is 11.3 Å². The highest BCUT2D eigenvalue weighted by Gasteiger charge is 2.44. The zero-order valence-electron chi connectivity index (χ0n) is 40.9. The molecule has 13 nitrogen and oxygen atoms in total. The summed E-state index contributed by atoms with van der Waals surface area (Å²) in [7, 11) is 2.03. The molecule has 0 bridgehead atoms. The molecule has 69 heavy (non-hydrogen) atoms. The molecular weight excluding hydrogens is 891 g/mol. The van der Waals surface area contributed by atoms with E-state index in [4.69, 9.17) is 18.9 Å². The predicted octanol–water partition coefficient (Wildman–Crippen LogP) is 7.66. The fourth-order valence-corrected chi connectivity index (χ4v) is 9.05. The molecule has 1 aliphatic heterocycles. The zero-order chi connectivity index (χ0) is 49.2. The van der Waals surface area contributed by atoms with Gasteiger partial charge in [-0.2, -0.15) is 0 Å². The number of nitrogens with one attached hydrogen (secondary N) is 2. The van der Waals surface area contributed by atoms with Gasteiger partial charge >= 0.3 is 0 Å². The summed E-state index contributed by atoms with van der Waals surface area (Å²) in [5, 5.41) is 16.3. The first-order valence-electron chi connectivity index (χ1n) is 23.9. The molecular formula is C55H69N5O8S. The second-order valence-corrected chi connectivity index (χ2v) is 19.2. The molecule has 368 valence electrons. The molecule has 0 unspecified atom stereocenters. The number of rotatable bonds is 25. The Morgan fingerprint density at radius 1 is 0.812 bits per heavy atom. The quantitative estimate of drug-likeness (QED) is 0.0393. The van der Waals surface area contributed by atoms with Gasteiger partial charge in [-0.05, 0) is 76.9 Å². The molecule has 14 heteroatoms. The number of carbonyl (C=O) groups excluding carboxylic acids is 3. The van der Waals surface area contributed by atoms with E-state index in [-0.39, 0.29) is 45.2 Å². The molecule has 0 spiro atoms. The Morgan fingerprint density at radius 3 is 2.04 bits per heavy atom. The van der Waals surface area contributed by atoms with Crippen LogP contribution in [0.15, 0.2) is 115 Å². The summed E-state index contributed by atoms with van der Waals surface area (Å²) in [5.74, 6) is -0.436. The van der Waals surface area contributed by atoms with Gasteiger partial charge in [0.15, 0.2) is 0 Å². The zero-order valence-corrected chi connectivity index (χ0v) is 41.8. The SMILES string of the molecule is CC/C(=C(\c1ccccc1)c1ccc(OCCN(C)CCOCCOCCOCC(=O)N[C@H](C(=O)N2C[C@H](O)C[C@H]2C(=O)NCc2ccc(-c3scnc3C)cc2)C(C)(C)C)cc1)c1ccccc1. The fourth-order valence-electron chi connectivity index (χ4n) is 8.24. The van der Waals surface area contributed by atoms with Crippen molar-refractivity contribution in [3.05, 3.63) is 143 Å². The van der Waals surface area contributed by atoms with E-state index in [1.165, 1.54) is 27.2 Å². The number of hydrogen-bond acceptors (Lipinski definition) is 11. The van der Waals surface area contributed by atoms with E-state index in [0.29, 0.717) is 26.4 Å². The number of benzene rings is 4. The van der Waals surface area contributed by atoms with Crippen molar-refractivity contribution in [1.82, 2.24) is 25.4 Å². The van der Waals surface area contributed by atoms with Gasteiger partial charge in [-0.3, -0.25) is 14.4 Å². The molecule has 4 aromatic carbocycles. The van der Waals surface area contributed by atoms with Gasteiger partial charge in [0.05, 0.1) is 55.2 Å². The van der Waals surface area contributed by atoms with E-state index in [9.17, 15) is 19.5 Å². The van der Waals surface area contributed by atoms with Crippen LogP contribution in [0.5, 0.6) is 5.75 Å². The fraction of sp³-hybridized carbons (Fsp3) is 0.418. The molecule has 6 rings (SSSR count). The highest BCUT2D eigenvalue weighted by atomic mass is 32.1. The number of aliphatic hydroxyl groups excluding tert-OH is 1. The van der Waals surface area contributed by atoms with E-state index < -0.39 is 35.4 Å². The molecule has 0 saturated carbocycles. The Kier molecular flexibility index (Phi) is 20.1. The van der Waals surface area contributed by atoms with Gasteiger partial charge in [0.2, 0.25) is 17.7 Å². The van der Waals surface area contributed by atoms with Crippen LogP contribution in [-0.4, -0.2) is 129 Å². The highest BCUT2D eigenvalue weighted by Crippen LogP contribution is 2.35. The van der Waals surface area contributed by atoms with Crippen molar-refractivity contribution in [3.8, 4) is 16.2 Å². The minimum atomic E-state index is -0.953. The molecule has 0 radical (unpaired) electrons. The number of amides is 3. The maximum Gasteiger partial charge on any atom is 0.246 e. The lowest BCUT2D eigenvalue weighted by atomic mass is 9.85. The first kappa shape index (κ1) is 52.6. The summed E-state index contributed by atoms with van der Waals surface area (Å²) in [6, 6.07) is 35.5. The molecule has 3 atom stereocenters. The molecule has 1 saturated heterocycles. The standard InChI is InChI=1S/C55H69N5O8S/c1-7-47(41-14-10-8-11-15-41)50(42-16-12-9-13-17-42)43-22-24-46(25-23-43)68-29-27-59(6)26-28-65-30-31-66-32-33-67-37-49(62)58-52(55(3,4)5)54(64)60-36-45(61)34-48(60)53(63)56-35-40-18-20-44(21-19-40)51-39(2)57-38-69-51/h8-25,38,45,48,52,61H,7,26-37H2,1-6H3,(H,56,63)(H,58,62)/b50-47-/t45-,48+,52-/m1/s1. The van der Waals surface area contributed by atoms with E-state index in [1.807, 2.05) is 88.8 Å². The van der Waals surface area contributed by atoms with Gasteiger partial charge in [0.1, 0.15) is 31.0 Å². The molecule has 1 fully saturated rings. The summed E-state index contributed by atoms with van der Waals surface area (Å²) in [6.07, 6.45) is 0.151. The minimum Gasteiger partial charge on any atom is -0.492 e. The first-order chi connectivity index (χ1) is 33.3. The highest BCUT2D eigenvalue weighted by molar-refractivity contribution is 7.13. The number of thiazole rings is 1. The van der Waals surface area contributed by atoms with Gasteiger partial charge in [-0.25, -0.2) is 4.98 Å². The Morgan fingerprint density at radius 2 is 1.42 bits per heavy atom. The van der Waals surface area contributed by atoms with Crippen molar-refractivity contribution in [2.75, 3.05) is 72.9 Å². The monoisotopic (exact) mass is 959 g/mol. The lowest BCUT2D eigenvalue weighted by molar-refractivity contribution is -0.144. The summed E-state index contributed by atoms with van der Waals surface area (Å²) < 4.78 is 23.1. The second kappa shape index (κ2) is 26.3. The van der Waals surface area contributed by atoms with Crippen LogP contribution in [0.3, 0.4) is 0 Å². The van der Waals surface area contributed by atoms with Crippen LogP contribution in [-0.2, 0) is 35.1 Å². The number of nitrogens with zero attached hydrogens (tertiary/aromatic N) is 3. The van der Waals surface area contributed by atoms with Crippen LogP contribution in [0.2, 0.25) is 0 Å². The lowest BCUT2D eigenvalue weighted by Gasteiger charge is -2.35. The van der Waals surface area contributed by atoms with Crippen LogP contribution < -0.4 is 15.4 Å². The number of β-amino-alcohol motifs (C(OH)–C–C–N with tert-alkyl or cyclic N) is 1. The lowest BCUT2D eigenvalue weighted by Crippen LogP contribution is -2.58. The maximum absolute atomic E-state index is 14.0. The number of ether oxygens (including phenoxy) is 4. The predicted molar refractivity (Wildman–Crippen MR) is 273 cm³/mol. The third-order valence-corrected chi connectivity index (χ3v) is 13.0. The Bertz CT molecular complexity index is 2400. The Balaban J connectivity index is 0.835. The number of aromatic nitrogens is 1.